The Morgan fingerprint density at radius 2 is 1.44 bits per heavy atom. The van der Waals surface area contributed by atoms with Gasteiger partial charge < -0.3 is 9.47 Å². The van der Waals surface area contributed by atoms with Crippen LogP contribution in [0, 0.1) is 34.5 Å². The molecular weight excluding hydrogens is 504 g/mol. The van der Waals surface area contributed by atoms with E-state index in [-0.39, 0.29) is 6.10 Å². The first-order valence-electron chi connectivity index (χ1n) is 18.4. The summed E-state index contributed by atoms with van der Waals surface area (Å²) >= 11 is 0. The third-order valence-electron chi connectivity index (χ3n) is 12.6. The minimum atomic E-state index is -0.438. The number of ether oxygens (including phenoxy) is 2. The van der Waals surface area contributed by atoms with Crippen molar-refractivity contribution in [3.8, 4) is 0 Å². The predicted molar refractivity (Wildman–Crippen MR) is 172 cm³/mol. The highest BCUT2D eigenvalue weighted by atomic mass is 16.7. The van der Waals surface area contributed by atoms with Gasteiger partial charge >= 0.3 is 6.16 Å². The van der Waals surface area contributed by atoms with Crippen LogP contribution in [-0.2, 0) is 9.47 Å². The Labute approximate surface area is 254 Å². The molecule has 0 heterocycles. The highest BCUT2D eigenvalue weighted by Gasteiger charge is 2.58. The van der Waals surface area contributed by atoms with Gasteiger partial charge in [-0.2, -0.15) is 0 Å². The number of hydrogen-bond acceptors (Lipinski definition) is 3. The van der Waals surface area contributed by atoms with Gasteiger partial charge in [-0.15, -0.1) is 0 Å². The molecule has 4 aliphatic rings. The van der Waals surface area contributed by atoms with Crippen LogP contribution in [0.3, 0.4) is 0 Å². The van der Waals surface area contributed by atoms with Crippen molar-refractivity contribution in [1.29, 1.82) is 0 Å². The fourth-order valence-electron chi connectivity index (χ4n) is 10.0. The summed E-state index contributed by atoms with van der Waals surface area (Å²) in [7, 11) is 0. The van der Waals surface area contributed by atoms with Gasteiger partial charge in [0.15, 0.2) is 0 Å². The molecule has 236 valence electrons. The molecule has 4 rings (SSSR count). The second kappa shape index (κ2) is 16.2. The van der Waals surface area contributed by atoms with Gasteiger partial charge in [0.05, 0.1) is 6.61 Å². The highest BCUT2D eigenvalue weighted by molar-refractivity contribution is 5.60. The minimum Gasteiger partial charge on any atom is -0.434 e. The summed E-state index contributed by atoms with van der Waals surface area (Å²) in [4.78, 5) is 12.5. The van der Waals surface area contributed by atoms with Crippen LogP contribution in [0.5, 0.6) is 0 Å². The highest BCUT2D eigenvalue weighted by Crippen LogP contribution is 2.66. The zero-order valence-electron chi connectivity index (χ0n) is 27.7. The molecule has 3 heteroatoms. The Morgan fingerprint density at radius 3 is 2.15 bits per heavy atom. The number of unbranched alkanes of at least 4 members (excludes halogenated alkanes) is 12. The summed E-state index contributed by atoms with van der Waals surface area (Å²) in [6.45, 7) is 10.3. The Kier molecular flexibility index (Phi) is 13.0. The van der Waals surface area contributed by atoms with Gasteiger partial charge in [-0.05, 0) is 92.3 Å². The lowest BCUT2D eigenvalue weighted by Gasteiger charge is -2.58. The van der Waals surface area contributed by atoms with Crippen LogP contribution in [-0.4, -0.2) is 18.9 Å². The summed E-state index contributed by atoms with van der Waals surface area (Å²) in [5.41, 5.74) is 2.48. The second-order valence-electron chi connectivity index (χ2n) is 15.2. The summed E-state index contributed by atoms with van der Waals surface area (Å²) < 4.78 is 11.3. The molecule has 0 radical (unpaired) electrons. The summed E-state index contributed by atoms with van der Waals surface area (Å²) in [6, 6.07) is 0. The first-order valence-corrected chi connectivity index (χ1v) is 18.4. The quantitative estimate of drug-likeness (QED) is 0.0991. The molecule has 41 heavy (non-hydrogen) atoms. The molecule has 0 N–H and O–H groups in total. The van der Waals surface area contributed by atoms with Crippen LogP contribution in [0.2, 0.25) is 0 Å². The van der Waals surface area contributed by atoms with E-state index in [1.807, 2.05) is 0 Å². The molecule has 0 bridgehead atoms. The lowest BCUT2D eigenvalue weighted by Crippen LogP contribution is -2.50. The fraction of sp³-hybridized carbons (Fsp3) is 0.921. The van der Waals surface area contributed by atoms with Crippen LogP contribution in [0.25, 0.3) is 0 Å². The first kappa shape index (κ1) is 32.9. The van der Waals surface area contributed by atoms with E-state index in [1.54, 1.807) is 5.57 Å². The number of hydrogen-bond donors (Lipinski definition) is 0. The standard InChI is InChI=1S/C38H66O3/c1-5-7-9-11-13-14-16-18-28-40-36(39)41-32-24-26-38(4)31(29-32)20-22-33-34-23-21-30(19-17-15-12-10-8-6-2)37(34,3)27-25-35(33)38/h20,30,32-35H,5-19,21-29H2,1-4H3. The summed E-state index contributed by atoms with van der Waals surface area (Å²) in [5, 5.41) is 0. The fourth-order valence-corrected chi connectivity index (χ4v) is 10.0. The van der Waals surface area contributed by atoms with Crippen molar-refractivity contribution in [3.05, 3.63) is 11.6 Å². The molecule has 3 fully saturated rings. The molecule has 0 amide bonds. The molecule has 0 aromatic heterocycles. The largest absolute Gasteiger partial charge is 0.508 e. The molecule has 3 saturated carbocycles. The lowest BCUT2D eigenvalue weighted by molar-refractivity contribution is -0.0563. The zero-order chi connectivity index (χ0) is 29.1. The maximum atomic E-state index is 12.5. The number of carbonyl (C=O) groups excluding carboxylic acids is 1. The van der Waals surface area contributed by atoms with Crippen LogP contribution in [0.15, 0.2) is 11.6 Å². The summed E-state index contributed by atoms with van der Waals surface area (Å²) in [5.74, 6) is 3.56. The Morgan fingerprint density at radius 1 is 0.780 bits per heavy atom. The van der Waals surface area contributed by atoms with Gasteiger partial charge in [0.25, 0.3) is 0 Å². The number of fused-ring (bicyclic) bond motifs is 5. The molecule has 0 aliphatic heterocycles. The van der Waals surface area contributed by atoms with Crippen LogP contribution in [0.1, 0.15) is 175 Å². The molecule has 0 spiro atoms. The third-order valence-corrected chi connectivity index (χ3v) is 12.6. The van der Waals surface area contributed by atoms with E-state index >= 15 is 0 Å². The minimum absolute atomic E-state index is 0.000940. The van der Waals surface area contributed by atoms with Crippen molar-refractivity contribution in [2.24, 2.45) is 34.5 Å². The van der Waals surface area contributed by atoms with E-state index in [2.05, 4.69) is 33.8 Å². The van der Waals surface area contributed by atoms with E-state index in [1.165, 1.54) is 122 Å². The summed E-state index contributed by atoms with van der Waals surface area (Å²) in [6.07, 6.45) is 32.3. The van der Waals surface area contributed by atoms with Gasteiger partial charge in [0.1, 0.15) is 6.10 Å². The van der Waals surface area contributed by atoms with E-state index in [4.69, 9.17) is 9.47 Å². The second-order valence-corrected chi connectivity index (χ2v) is 15.2. The van der Waals surface area contributed by atoms with Gasteiger partial charge in [-0.3, -0.25) is 0 Å². The molecule has 4 aliphatic carbocycles. The Balaban J connectivity index is 1.20. The van der Waals surface area contributed by atoms with E-state index < -0.39 is 6.16 Å². The maximum Gasteiger partial charge on any atom is 0.508 e. The SMILES string of the molecule is CCCCCCCCCCOC(=O)OC1CCC2(C)C(=CCC3C2CCC2(C)C(CCCCCCCC)CCC32)C1. The number of rotatable bonds is 17. The number of allylic oxidation sites excluding steroid dienone is 1. The van der Waals surface area contributed by atoms with E-state index in [0.29, 0.717) is 17.4 Å². The normalized spacial score (nSPS) is 34.3. The topological polar surface area (TPSA) is 35.5 Å². The monoisotopic (exact) mass is 571 g/mol. The van der Waals surface area contributed by atoms with E-state index in [9.17, 15) is 4.79 Å². The Hall–Kier alpha value is -0.990. The first-order chi connectivity index (χ1) is 19.9. The van der Waals surface area contributed by atoms with Crippen molar-refractivity contribution < 1.29 is 14.3 Å². The molecule has 3 nitrogen and oxygen atoms in total. The Bertz CT molecular complexity index is 818. The predicted octanol–water partition coefficient (Wildman–Crippen LogP) is 12.0. The van der Waals surface area contributed by atoms with Crippen molar-refractivity contribution in [3.63, 3.8) is 0 Å². The van der Waals surface area contributed by atoms with Crippen LogP contribution >= 0.6 is 0 Å². The average molecular weight is 571 g/mol. The van der Waals surface area contributed by atoms with Crippen molar-refractivity contribution >= 4 is 6.16 Å². The van der Waals surface area contributed by atoms with Gasteiger partial charge in [0, 0.05) is 6.42 Å². The van der Waals surface area contributed by atoms with Gasteiger partial charge in [-0.25, -0.2) is 4.79 Å². The molecule has 0 aromatic rings. The van der Waals surface area contributed by atoms with Crippen LogP contribution in [0.4, 0.5) is 4.79 Å². The van der Waals surface area contributed by atoms with Crippen molar-refractivity contribution in [2.45, 2.75) is 181 Å². The third kappa shape index (κ3) is 8.35. The van der Waals surface area contributed by atoms with Gasteiger partial charge in [-0.1, -0.05) is 123 Å². The lowest BCUT2D eigenvalue weighted by atomic mass is 9.47. The number of carbonyl (C=O) groups is 1. The maximum absolute atomic E-state index is 12.5. The van der Waals surface area contributed by atoms with E-state index in [0.717, 1.165) is 49.4 Å². The van der Waals surface area contributed by atoms with Crippen molar-refractivity contribution in [2.75, 3.05) is 6.61 Å². The molecule has 7 unspecified atom stereocenters. The molecular formula is C38H66O3. The molecule has 0 aromatic carbocycles. The smallest absolute Gasteiger partial charge is 0.434 e. The average Bonchev–Trinajstić information content (AvgIpc) is 3.30. The molecule has 7 atom stereocenters. The van der Waals surface area contributed by atoms with Crippen molar-refractivity contribution in [1.82, 2.24) is 0 Å². The van der Waals surface area contributed by atoms with Crippen LogP contribution < -0.4 is 0 Å². The van der Waals surface area contributed by atoms with Gasteiger partial charge in [0.2, 0.25) is 0 Å². The molecule has 0 saturated heterocycles. The zero-order valence-corrected chi connectivity index (χ0v) is 27.7.